The van der Waals surface area contributed by atoms with Gasteiger partial charge in [0.25, 0.3) is 10.0 Å². The van der Waals surface area contributed by atoms with Crippen LogP contribution in [-0.4, -0.2) is 50.3 Å². The zero-order chi connectivity index (χ0) is 18.4. The first-order chi connectivity index (χ1) is 11.8. The smallest absolute Gasteiger partial charge is 0.307 e. The fourth-order valence-electron chi connectivity index (χ4n) is 2.67. The molecular weight excluding hydrogens is 364 g/mol. The molecule has 1 aromatic heterocycles. The van der Waals surface area contributed by atoms with Gasteiger partial charge in [-0.15, -0.1) is 11.3 Å². The van der Waals surface area contributed by atoms with Gasteiger partial charge in [-0.25, -0.2) is 8.42 Å². The van der Waals surface area contributed by atoms with Crippen molar-refractivity contribution in [2.45, 2.75) is 43.4 Å². The van der Waals surface area contributed by atoms with E-state index in [0.717, 1.165) is 0 Å². The van der Waals surface area contributed by atoms with Gasteiger partial charge in [-0.2, -0.15) is 4.31 Å². The first-order valence-electron chi connectivity index (χ1n) is 8.31. The number of nitrogens with one attached hydrogen (secondary N) is 1. The summed E-state index contributed by atoms with van der Waals surface area (Å²) in [6, 6.07) is 3.27. The molecule has 2 heterocycles. The van der Waals surface area contributed by atoms with Gasteiger partial charge in [-0.05, 0) is 38.1 Å². The molecule has 0 spiro atoms. The average molecular weight is 389 g/mol. The minimum Gasteiger partial charge on any atom is -0.463 e. The van der Waals surface area contributed by atoms with Gasteiger partial charge in [0.15, 0.2) is 0 Å². The molecule has 0 radical (unpaired) electrons. The molecule has 2 rings (SSSR count). The second-order valence-corrected chi connectivity index (χ2v) is 9.33. The molecule has 1 N–H and O–H groups in total. The molecule has 0 aromatic carbocycles. The highest BCUT2D eigenvalue weighted by molar-refractivity contribution is 7.91. The van der Waals surface area contributed by atoms with Gasteiger partial charge in [-0.1, -0.05) is 6.07 Å². The van der Waals surface area contributed by atoms with Crippen LogP contribution in [0.15, 0.2) is 21.7 Å². The molecular formula is C16H24N2O5S2. The Morgan fingerprint density at radius 2 is 2.20 bits per heavy atom. The molecule has 0 saturated carbocycles. The molecule has 1 atom stereocenters. The van der Waals surface area contributed by atoms with Gasteiger partial charge in [0, 0.05) is 19.6 Å². The van der Waals surface area contributed by atoms with Gasteiger partial charge >= 0.3 is 5.97 Å². The molecule has 1 aliphatic rings. The lowest BCUT2D eigenvalue weighted by atomic mass is 9.99. The Morgan fingerprint density at radius 1 is 1.44 bits per heavy atom. The first-order valence-corrected chi connectivity index (χ1v) is 10.6. The summed E-state index contributed by atoms with van der Waals surface area (Å²) in [7, 11) is -3.53. The van der Waals surface area contributed by atoms with Crippen LogP contribution in [-0.2, 0) is 24.3 Å². The van der Waals surface area contributed by atoms with Crippen molar-refractivity contribution >= 4 is 33.2 Å². The van der Waals surface area contributed by atoms with Crippen LogP contribution in [0.25, 0.3) is 0 Å². The number of rotatable bonds is 7. The van der Waals surface area contributed by atoms with Crippen molar-refractivity contribution < 1.29 is 22.7 Å². The fourth-order valence-corrected chi connectivity index (χ4v) is 5.33. The molecule has 7 nitrogen and oxygen atoms in total. The largest absolute Gasteiger partial charge is 0.463 e. The topological polar surface area (TPSA) is 92.8 Å². The highest BCUT2D eigenvalue weighted by atomic mass is 32.2. The zero-order valence-corrected chi connectivity index (χ0v) is 16.1. The number of thiophene rings is 1. The number of esters is 1. The normalized spacial score (nSPS) is 18.9. The Hall–Kier alpha value is -1.45. The maximum absolute atomic E-state index is 12.6. The van der Waals surface area contributed by atoms with E-state index in [2.05, 4.69) is 5.32 Å². The van der Waals surface area contributed by atoms with E-state index in [1.54, 1.807) is 31.4 Å². The highest BCUT2D eigenvalue weighted by Gasteiger charge is 2.33. The second-order valence-electron chi connectivity index (χ2n) is 6.21. The van der Waals surface area contributed by atoms with E-state index in [1.165, 1.54) is 15.6 Å². The number of nitrogens with zero attached hydrogens (tertiary/aromatic N) is 1. The van der Waals surface area contributed by atoms with Crippen LogP contribution in [0.5, 0.6) is 0 Å². The summed E-state index contributed by atoms with van der Waals surface area (Å²) in [6.07, 6.45) is 1.20. The van der Waals surface area contributed by atoms with E-state index < -0.39 is 15.9 Å². The zero-order valence-electron chi connectivity index (χ0n) is 14.4. The van der Waals surface area contributed by atoms with Gasteiger partial charge in [0.1, 0.15) is 4.21 Å². The third-order valence-electron chi connectivity index (χ3n) is 3.84. The first kappa shape index (κ1) is 19.9. The summed E-state index contributed by atoms with van der Waals surface area (Å²) in [4.78, 5) is 23.7. The molecule has 9 heteroatoms. The predicted molar refractivity (Wildman–Crippen MR) is 94.7 cm³/mol. The molecule has 1 unspecified atom stereocenters. The average Bonchev–Trinajstić information content (AvgIpc) is 3.09. The van der Waals surface area contributed by atoms with E-state index in [9.17, 15) is 18.0 Å². The summed E-state index contributed by atoms with van der Waals surface area (Å²) in [5, 5.41) is 4.42. The highest BCUT2D eigenvalue weighted by Crippen LogP contribution is 2.26. The molecule has 1 saturated heterocycles. The van der Waals surface area contributed by atoms with Crippen LogP contribution in [0.1, 0.15) is 33.1 Å². The minimum atomic E-state index is -3.53. The van der Waals surface area contributed by atoms with E-state index in [0.29, 0.717) is 23.6 Å². The molecule has 0 aliphatic carbocycles. The standard InChI is InChI=1S/C16H24N2O5S2/c1-12(2)23-14(19)7-8-17-16(20)13-5-3-9-18(11-13)25(21,22)15-6-4-10-24-15/h4,6,10,12-13H,3,5,7-9,11H2,1-2H3,(H,17,20). The number of hydrogen-bond acceptors (Lipinski definition) is 6. The van der Waals surface area contributed by atoms with E-state index in [-0.39, 0.29) is 37.5 Å². The molecule has 1 aliphatic heterocycles. The van der Waals surface area contributed by atoms with Crippen LogP contribution >= 0.6 is 11.3 Å². The SMILES string of the molecule is CC(C)OC(=O)CCNC(=O)C1CCCN(S(=O)(=O)c2cccs2)C1. The maximum atomic E-state index is 12.6. The molecule has 1 amide bonds. The number of sulfonamides is 1. The monoisotopic (exact) mass is 388 g/mol. The number of carbonyl (C=O) groups is 2. The van der Waals surface area contributed by atoms with Crippen LogP contribution in [0, 0.1) is 5.92 Å². The van der Waals surface area contributed by atoms with Crippen molar-refractivity contribution in [3.05, 3.63) is 17.5 Å². The third kappa shape index (κ3) is 5.52. The lowest BCUT2D eigenvalue weighted by molar-refractivity contribution is -0.147. The molecule has 1 aromatic rings. The number of ether oxygens (including phenoxy) is 1. The summed E-state index contributed by atoms with van der Waals surface area (Å²) >= 11 is 1.17. The summed E-state index contributed by atoms with van der Waals surface area (Å²) in [6.45, 7) is 4.31. The van der Waals surface area contributed by atoms with Crippen molar-refractivity contribution in [3.63, 3.8) is 0 Å². The van der Waals surface area contributed by atoms with Crippen molar-refractivity contribution in [1.82, 2.24) is 9.62 Å². The molecule has 0 bridgehead atoms. The van der Waals surface area contributed by atoms with Gasteiger partial charge in [0.05, 0.1) is 18.4 Å². The molecule has 140 valence electrons. The number of carbonyl (C=O) groups excluding carboxylic acids is 2. The van der Waals surface area contributed by atoms with Crippen molar-refractivity contribution in [1.29, 1.82) is 0 Å². The molecule has 25 heavy (non-hydrogen) atoms. The van der Waals surface area contributed by atoms with Gasteiger partial charge in [0.2, 0.25) is 5.91 Å². The fraction of sp³-hybridized carbons (Fsp3) is 0.625. The van der Waals surface area contributed by atoms with E-state index in [4.69, 9.17) is 4.74 Å². The number of hydrogen-bond donors (Lipinski definition) is 1. The third-order valence-corrected chi connectivity index (χ3v) is 7.08. The van der Waals surface area contributed by atoms with E-state index in [1.807, 2.05) is 0 Å². The van der Waals surface area contributed by atoms with Crippen molar-refractivity contribution in [3.8, 4) is 0 Å². The number of amides is 1. The van der Waals surface area contributed by atoms with E-state index >= 15 is 0 Å². The van der Waals surface area contributed by atoms with Gasteiger partial charge < -0.3 is 10.1 Å². The number of piperidine rings is 1. The van der Waals surface area contributed by atoms with Crippen LogP contribution < -0.4 is 5.32 Å². The predicted octanol–water partition coefficient (Wildman–Crippen LogP) is 1.61. The Balaban J connectivity index is 1.86. The van der Waals surface area contributed by atoms with Crippen molar-refractivity contribution in [2.75, 3.05) is 19.6 Å². The Morgan fingerprint density at radius 3 is 2.84 bits per heavy atom. The summed E-state index contributed by atoms with van der Waals surface area (Å²) < 4.78 is 31.8. The van der Waals surface area contributed by atoms with Crippen LogP contribution in [0.3, 0.4) is 0 Å². The van der Waals surface area contributed by atoms with Gasteiger partial charge in [-0.3, -0.25) is 9.59 Å². The Labute approximate surface area is 152 Å². The minimum absolute atomic E-state index is 0.105. The van der Waals surface area contributed by atoms with Crippen LogP contribution in [0.2, 0.25) is 0 Å². The Kier molecular flexibility index (Phi) is 6.97. The maximum Gasteiger partial charge on any atom is 0.307 e. The second kappa shape index (κ2) is 8.77. The van der Waals surface area contributed by atoms with Crippen LogP contribution in [0.4, 0.5) is 0 Å². The quantitative estimate of drug-likeness (QED) is 0.717. The Bertz CT molecular complexity index is 685. The lowest BCUT2D eigenvalue weighted by Gasteiger charge is -2.30. The lowest BCUT2D eigenvalue weighted by Crippen LogP contribution is -2.45. The molecule has 1 fully saturated rings. The summed E-state index contributed by atoms with van der Waals surface area (Å²) in [5.74, 6) is -0.978. The summed E-state index contributed by atoms with van der Waals surface area (Å²) in [5.41, 5.74) is 0. The van der Waals surface area contributed by atoms with Crippen molar-refractivity contribution in [2.24, 2.45) is 5.92 Å².